The number of hydrogen-bond acceptors (Lipinski definition) is 2. The van der Waals surface area contributed by atoms with Gasteiger partial charge in [0.2, 0.25) is 0 Å². The van der Waals surface area contributed by atoms with Crippen LogP contribution in [0.3, 0.4) is 0 Å². The topological polar surface area (TPSA) is 32.3 Å². The summed E-state index contributed by atoms with van der Waals surface area (Å²) in [5.74, 6) is 0.0744. The van der Waals surface area contributed by atoms with Crippen molar-refractivity contribution in [1.82, 2.24) is 10.2 Å². The summed E-state index contributed by atoms with van der Waals surface area (Å²) in [6.45, 7) is 3.99. The number of amides is 1. The van der Waals surface area contributed by atoms with Gasteiger partial charge in [-0.05, 0) is 65.4 Å². The lowest BCUT2D eigenvalue weighted by Crippen LogP contribution is -2.36. The zero-order valence-electron chi connectivity index (χ0n) is 18.8. The molecule has 166 valence electrons. The molecule has 0 saturated heterocycles. The summed E-state index contributed by atoms with van der Waals surface area (Å²) in [5.41, 5.74) is 8.66. The second-order valence-electron chi connectivity index (χ2n) is 8.66. The van der Waals surface area contributed by atoms with Gasteiger partial charge in [0.15, 0.2) is 0 Å². The third-order valence-corrected chi connectivity index (χ3v) is 6.80. The van der Waals surface area contributed by atoms with E-state index in [1.165, 1.54) is 11.1 Å². The Morgan fingerprint density at radius 3 is 2.45 bits per heavy atom. The smallest absolute Gasteiger partial charge is 0.255 e. The van der Waals surface area contributed by atoms with E-state index in [9.17, 15) is 4.79 Å². The molecule has 0 radical (unpaired) electrons. The molecule has 0 spiro atoms. The van der Waals surface area contributed by atoms with E-state index in [1.807, 2.05) is 36.1 Å². The Kier molecular flexibility index (Phi) is 6.17. The lowest BCUT2D eigenvalue weighted by molar-refractivity contribution is -0.125. The standard InChI is InChI=1S/C29H27ClN2O/c1-20-7-5-12-28(30)27(20)19-32(24-13-14-24)29(33)26-18-31-16-15-25(26)23-11-6-10-22(17-23)21-8-3-2-4-9-21/h2-13,17,31H,14-16,18-19H2,1H3. The van der Waals surface area contributed by atoms with Gasteiger partial charge >= 0.3 is 0 Å². The minimum Gasteiger partial charge on any atom is -0.312 e. The van der Waals surface area contributed by atoms with E-state index < -0.39 is 0 Å². The highest BCUT2D eigenvalue weighted by Gasteiger charge is 2.30. The third kappa shape index (κ3) is 4.66. The second-order valence-corrected chi connectivity index (χ2v) is 9.06. The normalized spacial score (nSPS) is 15.3. The fourth-order valence-corrected chi connectivity index (χ4v) is 4.76. The molecular weight excluding hydrogens is 428 g/mol. The average Bonchev–Trinajstić information content (AvgIpc) is 3.70. The Morgan fingerprint density at radius 2 is 1.70 bits per heavy atom. The molecule has 0 atom stereocenters. The van der Waals surface area contributed by atoms with Gasteiger partial charge < -0.3 is 10.2 Å². The van der Waals surface area contributed by atoms with Gasteiger partial charge in [0.1, 0.15) is 0 Å². The highest BCUT2D eigenvalue weighted by Crippen LogP contribution is 2.34. The van der Waals surface area contributed by atoms with Gasteiger partial charge in [0.25, 0.3) is 5.91 Å². The number of nitrogens with one attached hydrogen (secondary N) is 1. The quantitative estimate of drug-likeness (QED) is 0.468. The van der Waals surface area contributed by atoms with Crippen LogP contribution in [0, 0.1) is 6.92 Å². The van der Waals surface area contributed by atoms with Crippen LogP contribution in [0.4, 0.5) is 0 Å². The summed E-state index contributed by atoms with van der Waals surface area (Å²) < 4.78 is 0. The molecule has 1 heterocycles. The van der Waals surface area contributed by atoms with E-state index in [1.54, 1.807) is 0 Å². The number of allylic oxidation sites excluding steroid dienone is 2. The minimum absolute atomic E-state index is 0.0744. The van der Waals surface area contributed by atoms with Crippen LogP contribution >= 0.6 is 11.6 Å². The van der Waals surface area contributed by atoms with Crippen molar-refractivity contribution >= 4 is 23.1 Å². The molecule has 1 aliphatic heterocycles. The van der Waals surface area contributed by atoms with Crippen molar-refractivity contribution in [3.8, 4) is 11.1 Å². The largest absolute Gasteiger partial charge is 0.312 e. The fourth-order valence-electron chi connectivity index (χ4n) is 4.48. The molecule has 0 bridgehead atoms. The van der Waals surface area contributed by atoms with Crippen LogP contribution in [0.2, 0.25) is 5.02 Å². The molecule has 33 heavy (non-hydrogen) atoms. The van der Waals surface area contributed by atoms with Crippen LogP contribution in [-0.4, -0.2) is 23.9 Å². The first-order valence-corrected chi connectivity index (χ1v) is 11.8. The zero-order chi connectivity index (χ0) is 22.8. The number of nitrogens with zero attached hydrogens (tertiary/aromatic N) is 1. The van der Waals surface area contributed by atoms with Crippen LogP contribution in [0.15, 0.2) is 90.1 Å². The molecule has 0 fully saturated rings. The predicted molar refractivity (Wildman–Crippen MR) is 136 cm³/mol. The van der Waals surface area contributed by atoms with Crippen molar-refractivity contribution in [2.45, 2.75) is 26.3 Å². The first-order chi connectivity index (χ1) is 16.1. The molecule has 3 aromatic rings. The average molecular weight is 455 g/mol. The molecule has 3 aromatic carbocycles. The Hall–Kier alpha value is -3.14. The summed E-state index contributed by atoms with van der Waals surface area (Å²) in [7, 11) is 0. The van der Waals surface area contributed by atoms with Crippen molar-refractivity contribution < 1.29 is 4.79 Å². The summed E-state index contributed by atoms with van der Waals surface area (Å²) in [6.07, 6.45) is 3.79. The predicted octanol–water partition coefficient (Wildman–Crippen LogP) is 6.38. The van der Waals surface area contributed by atoms with Gasteiger partial charge in [-0.3, -0.25) is 4.79 Å². The molecule has 3 nitrogen and oxygen atoms in total. The van der Waals surface area contributed by atoms with Gasteiger partial charge in [0.05, 0.1) is 6.54 Å². The van der Waals surface area contributed by atoms with E-state index >= 15 is 0 Å². The van der Waals surface area contributed by atoms with Crippen LogP contribution in [0.1, 0.15) is 29.5 Å². The van der Waals surface area contributed by atoms with Crippen LogP contribution < -0.4 is 5.32 Å². The highest BCUT2D eigenvalue weighted by molar-refractivity contribution is 6.31. The Morgan fingerprint density at radius 1 is 0.970 bits per heavy atom. The molecule has 0 aromatic heterocycles. The lowest BCUT2D eigenvalue weighted by Gasteiger charge is -2.27. The number of hydrogen-bond donors (Lipinski definition) is 1. The monoisotopic (exact) mass is 454 g/mol. The molecule has 5 rings (SSSR count). The van der Waals surface area contributed by atoms with Crippen molar-refractivity contribution in [2.75, 3.05) is 13.1 Å². The minimum atomic E-state index is 0.0744. The fraction of sp³-hybridized carbons (Fsp3) is 0.207. The van der Waals surface area contributed by atoms with Crippen LogP contribution in [0.5, 0.6) is 0 Å². The van der Waals surface area contributed by atoms with Crippen molar-refractivity contribution in [3.05, 3.63) is 112 Å². The lowest BCUT2D eigenvalue weighted by atomic mass is 9.91. The summed E-state index contributed by atoms with van der Waals surface area (Å²) >= 11 is 6.51. The zero-order valence-corrected chi connectivity index (χ0v) is 19.5. The maximum Gasteiger partial charge on any atom is 0.255 e. The summed E-state index contributed by atoms with van der Waals surface area (Å²) in [4.78, 5) is 15.8. The van der Waals surface area contributed by atoms with Crippen molar-refractivity contribution in [3.63, 3.8) is 0 Å². The Balaban J connectivity index is 1.51. The molecule has 1 N–H and O–H groups in total. The van der Waals surface area contributed by atoms with E-state index in [0.717, 1.165) is 52.9 Å². The van der Waals surface area contributed by atoms with Gasteiger partial charge in [0, 0.05) is 29.3 Å². The SMILES string of the molecule is Cc1cccc(Cl)c1CN(C(=O)C1=C(c2cccc(-c3ccccc3)c2)CCNC1)C1=CC1. The molecule has 4 heteroatoms. The summed E-state index contributed by atoms with van der Waals surface area (Å²) in [6, 6.07) is 24.8. The maximum atomic E-state index is 13.9. The number of carbonyl (C=O) groups is 1. The van der Waals surface area contributed by atoms with E-state index in [2.05, 4.69) is 59.9 Å². The van der Waals surface area contributed by atoms with E-state index in [0.29, 0.717) is 18.1 Å². The van der Waals surface area contributed by atoms with E-state index in [4.69, 9.17) is 11.6 Å². The first-order valence-electron chi connectivity index (χ1n) is 11.5. The van der Waals surface area contributed by atoms with Crippen molar-refractivity contribution in [2.24, 2.45) is 0 Å². The number of carbonyl (C=O) groups excluding carboxylic acids is 1. The molecule has 0 saturated carbocycles. The highest BCUT2D eigenvalue weighted by atomic mass is 35.5. The van der Waals surface area contributed by atoms with Crippen LogP contribution in [-0.2, 0) is 11.3 Å². The van der Waals surface area contributed by atoms with Crippen molar-refractivity contribution in [1.29, 1.82) is 0 Å². The Bertz CT molecular complexity index is 1240. The Labute approximate surface area is 200 Å². The van der Waals surface area contributed by atoms with E-state index in [-0.39, 0.29) is 5.91 Å². The number of benzene rings is 3. The van der Waals surface area contributed by atoms with Gasteiger partial charge in [-0.15, -0.1) is 0 Å². The molecular formula is C29H27ClN2O. The number of rotatable bonds is 6. The maximum absolute atomic E-state index is 13.9. The molecule has 1 aliphatic carbocycles. The third-order valence-electron chi connectivity index (χ3n) is 6.44. The molecule has 1 amide bonds. The van der Waals surface area contributed by atoms with Crippen LogP contribution in [0.25, 0.3) is 16.7 Å². The molecule has 2 aliphatic rings. The second kappa shape index (κ2) is 9.38. The molecule has 0 unspecified atom stereocenters. The van der Waals surface area contributed by atoms with Gasteiger partial charge in [-0.2, -0.15) is 0 Å². The van der Waals surface area contributed by atoms with Gasteiger partial charge in [-0.25, -0.2) is 0 Å². The first kappa shape index (κ1) is 21.7. The number of halogens is 1. The van der Waals surface area contributed by atoms with Gasteiger partial charge in [-0.1, -0.05) is 78.3 Å². The number of aryl methyl sites for hydroxylation is 1. The summed E-state index contributed by atoms with van der Waals surface area (Å²) in [5, 5.41) is 4.12.